The molecule has 1 heterocycles. The number of nitrogens with two attached hydrogens (primary N) is 1. The second-order valence-electron chi connectivity index (χ2n) is 7.10. The molecule has 6 nitrogen and oxygen atoms in total. The van der Waals surface area contributed by atoms with Crippen molar-refractivity contribution in [3.05, 3.63) is 35.9 Å². The van der Waals surface area contributed by atoms with Crippen molar-refractivity contribution in [2.75, 3.05) is 39.8 Å². The van der Waals surface area contributed by atoms with Crippen LogP contribution in [0.2, 0.25) is 0 Å². The molecule has 2 N–H and O–H groups in total. The smallest absolute Gasteiger partial charge is 0.320 e. The Labute approximate surface area is 156 Å². The summed E-state index contributed by atoms with van der Waals surface area (Å²) in [5.41, 5.74) is 6.55. The van der Waals surface area contributed by atoms with Gasteiger partial charge in [-0.2, -0.15) is 0 Å². The van der Waals surface area contributed by atoms with Crippen molar-refractivity contribution in [2.45, 2.75) is 33.2 Å². The van der Waals surface area contributed by atoms with Crippen LogP contribution in [0, 0.1) is 5.41 Å². The molecule has 144 valence electrons. The quantitative estimate of drug-likeness (QED) is 0.845. The van der Waals surface area contributed by atoms with E-state index in [1.165, 1.54) is 0 Å². The Morgan fingerprint density at radius 2 is 1.58 bits per heavy atom. The fourth-order valence-electron chi connectivity index (χ4n) is 3.53. The van der Waals surface area contributed by atoms with Gasteiger partial charge in [0.2, 0.25) is 5.91 Å². The molecule has 0 aromatic heterocycles. The van der Waals surface area contributed by atoms with Crippen molar-refractivity contribution in [1.29, 1.82) is 0 Å². The maximum atomic E-state index is 12.9. The van der Waals surface area contributed by atoms with Crippen LogP contribution in [-0.4, -0.2) is 66.4 Å². The monoisotopic (exact) mass is 360 g/mol. The topological polar surface area (TPSA) is 69.9 Å². The molecule has 1 fully saturated rings. The van der Waals surface area contributed by atoms with E-state index in [0.717, 1.165) is 18.4 Å². The number of carbonyl (C=O) groups excluding carboxylic acids is 2. The highest BCUT2D eigenvalue weighted by Gasteiger charge is 2.38. The van der Waals surface area contributed by atoms with Gasteiger partial charge in [-0.05, 0) is 18.4 Å². The van der Waals surface area contributed by atoms with E-state index < -0.39 is 5.41 Å². The van der Waals surface area contributed by atoms with Crippen molar-refractivity contribution < 1.29 is 9.59 Å². The normalized spacial score (nSPS) is 15.1. The number of rotatable bonds is 6. The van der Waals surface area contributed by atoms with E-state index in [1.54, 1.807) is 4.90 Å². The van der Waals surface area contributed by atoms with E-state index in [1.807, 2.05) is 61.0 Å². The molecule has 2 rings (SSSR count). The van der Waals surface area contributed by atoms with E-state index in [0.29, 0.717) is 39.3 Å². The first-order valence-corrected chi connectivity index (χ1v) is 9.50. The van der Waals surface area contributed by atoms with Crippen molar-refractivity contribution in [2.24, 2.45) is 11.1 Å². The van der Waals surface area contributed by atoms with Crippen molar-refractivity contribution in [3.8, 4) is 0 Å². The molecule has 1 aliphatic rings. The fraction of sp³-hybridized carbons (Fsp3) is 0.600. The molecule has 0 aliphatic carbocycles. The summed E-state index contributed by atoms with van der Waals surface area (Å²) in [5, 5.41) is 0. The molecule has 0 bridgehead atoms. The van der Waals surface area contributed by atoms with Gasteiger partial charge in [0.25, 0.3) is 0 Å². The van der Waals surface area contributed by atoms with E-state index in [2.05, 4.69) is 0 Å². The van der Waals surface area contributed by atoms with Crippen molar-refractivity contribution >= 4 is 11.9 Å². The molecule has 26 heavy (non-hydrogen) atoms. The Balaban J connectivity index is 1.91. The summed E-state index contributed by atoms with van der Waals surface area (Å²) in [5.74, 6) is 0.134. The Kier molecular flexibility index (Phi) is 7.03. The van der Waals surface area contributed by atoms with Crippen molar-refractivity contribution in [3.63, 3.8) is 0 Å². The molecular weight excluding hydrogens is 328 g/mol. The molecule has 0 spiro atoms. The van der Waals surface area contributed by atoms with Gasteiger partial charge in [0.05, 0.1) is 5.41 Å². The second kappa shape index (κ2) is 9.03. The van der Waals surface area contributed by atoms with Crippen LogP contribution in [0.25, 0.3) is 0 Å². The highest BCUT2D eigenvalue weighted by molar-refractivity contribution is 5.83. The number of amides is 3. The molecule has 0 atom stereocenters. The van der Waals surface area contributed by atoms with Crippen LogP contribution in [0.4, 0.5) is 4.79 Å². The third-order valence-corrected chi connectivity index (χ3v) is 5.62. The first-order valence-electron chi connectivity index (χ1n) is 9.50. The van der Waals surface area contributed by atoms with Gasteiger partial charge in [-0.3, -0.25) is 4.79 Å². The summed E-state index contributed by atoms with van der Waals surface area (Å²) in [4.78, 5) is 31.0. The number of urea groups is 1. The number of hydrogen-bond donors (Lipinski definition) is 1. The molecule has 0 unspecified atom stereocenters. The Morgan fingerprint density at radius 1 is 1.04 bits per heavy atom. The molecular formula is C20H32N4O2. The van der Waals surface area contributed by atoms with Crippen LogP contribution in [0.15, 0.2) is 30.3 Å². The maximum absolute atomic E-state index is 12.9. The lowest BCUT2D eigenvalue weighted by atomic mass is 9.81. The van der Waals surface area contributed by atoms with Crippen LogP contribution in [0.3, 0.4) is 0 Å². The lowest BCUT2D eigenvalue weighted by molar-refractivity contribution is -0.143. The van der Waals surface area contributed by atoms with E-state index in [-0.39, 0.29) is 11.9 Å². The third kappa shape index (κ3) is 4.36. The lowest BCUT2D eigenvalue weighted by Gasteiger charge is -2.41. The molecule has 1 saturated heterocycles. The Morgan fingerprint density at radius 3 is 2.08 bits per heavy atom. The summed E-state index contributed by atoms with van der Waals surface area (Å²) in [6.07, 6.45) is 1.50. The third-order valence-electron chi connectivity index (χ3n) is 5.62. The maximum Gasteiger partial charge on any atom is 0.320 e. The van der Waals surface area contributed by atoms with E-state index >= 15 is 0 Å². The van der Waals surface area contributed by atoms with Gasteiger partial charge in [0.1, 0.15) is 0 Å². The van der Waals surface area contributed by atoms with Gasteiger partial charge in [-0.15, -0.1) is 0 Å². The van der Waals surface area contributed by atoms with Gasteiger partial charge in [-0.1, -0.05) is 44.2 Å². The minimum atomic E-state index is -0.462. The average Bonchev–Trinajstić information content (AvgIpc) is 2.70. The first kappa shape index (κ1) is 20.2. The largest absolute Gasteiger partial charge is 0.339 e. The van der Waals surface area contributed by atoms with Gasteiger partial charge < -0.3 is 20.4 Å². The van der Waals surface area contributed by atoms with Gasteiger partial charge in [0, 0.05) is 46.3 Å². The molecule has 3 amide bonds. The highest BCUT2D eigenvalue weighted by Crippen LogP contribution is 2.28. The zero-order valence-corrected chi connectivity index (χ0v) is 16.3. The summed E-state index contributed by atoms with van der Waals surface area (Å²) in [6.45, 7) is 7.28. The predicted octanol–water partition coefficient (Wildman–Crippen LogP) is 2.15. The van der Waals surface area contributed by atoms with E-state index in [9.17, 15) is 9.59 Å². The molecule has 1 aliphatic heterocycles. The van der Waals surface area contributed by atoms with Crippen LogP contribution >= 0.6 is 0 Å². The molecule has 0 saturated carbocycles. The average molecular weight is 361 g/mol. The predicted molar refractivity (Wildman–Crippen MR) is 104 cm³/mol. The summed E-state index contributed by atoms with van der Waals surface area (Å²) in [7, 11) is 1.82. The van der Waals surface area contributed by atoms with Crippen molar-refractivity contribution in [1.82, 2.24) is 14.7 Å². The number of benzene rings is 1. The number of hydrogen-bond acceptors (Lipinski definition) is 3. The van der Waals surface area contributed by atoms with E-state index in [4.69, 9.17) is 5.73 Å². The van der Waals surface area contributed by atoms with Gasteiger partial charge in [-0.25, -0.2) is 4.79 Å². The standard InChI is InChI=1S/C20H32N4O2/c1-4-20(5-2,16-21)18(25)23-11-13-24(14-12-23)19(26)22(3)15-17-9-7-6-8-10-17/h6-10H,4-5,11-16,21H2,1-3H3. The fourth-order valence-corrected chi connectivity index (χ4v) is 3.53. The minimum Gasteiger partial charge on any atom is -0.339 e. The molecule has 6 heteroatoms. The van der Waals surface area contributed by atoms with Gasteiger partial charge in [0.15, 0.2) is 0 Å². The number of nitrogens with zero attached hydrogens (tertiary/aromatic N) is 3. The number of piperazine rings is 1. The minimum absolute atomic E-state index is 0.0111. The Hall–Kier alpha value is -2.08. The summed E-state index contributed by atoms with van der Waals surface area (Å²) >= 11 is 0. The molecule has 1 aromatic rings. The summed E-state index contributed by atoms with van der Waals surface area (Å²) in [6, 6.07) is 9.96. The SMILES string of the molecule is CCC(CC)(CN)C(=O)N1CCN(C(=O)N(C)Cc2ccccc2)CC1. The van der Waals surface area contributed by atoms with Crippen LogP contribution in [0.1, 0.15) is 32.3 Å². The van der Waals surface area contributed by atoms with Crippen LogP contribution in [-0.2, 0) is 11.3 Å². The highest BCUT2D eigenvalue weighted by atomic mass is 16.2. The Bertz CT molecular complexity index is 585. The zero-order valence-electron chi connectivity index (χ0n) is 16.3. The van der Waals surface area contributed by atoms with Gasteiger partial charge >= 0.3 is 6.03 Å². The number of carbonyl (C=O) groups is 2. The lowest BCUT2D eigenvalue weighted by Crippen LogP contribution is -2.57. The summed E-state index contributed by atoms with van der Waals surface area (Å²) < 4.78 is 0. The van der Waals surface area contributed by atoms with Crippen LogP contribution in [0.5, 0.6) is 0 Å². The first-order chi connectivity index (χ1) is 12.5. The second-order valence-corrected chi connectivity index (χ2v) is 7.10. The molecule has 1 aromatic carbocycles. The molecule has 0 radical (unpaired) electrons. The van der Waals surface area contributed by atoms with Crippen LogP contribution < -0.4 is 5.73 Å². The zero-order chi connectivity index (χ0) is 19.2.